The topological polar surface area (TPSA) is 211 Å². The summed E-state index contributed by atoms with van der Waals surface area (Å²) < 4.78 is 140. The van der Waals surface area contributed by atoms with E-state index in [0.717, 1.165) is 37.4 Å². The number of carboxylic acid groups (broad SMARTS) is 4. The van der Waals surface area contributed by atoms with Crippen LogP contribution in [0.5, 0.6) is 0 Å². The number of anilines is 2. The average molecular weight is 862 g/mol. The second-order valence-corrected chi connectivity index (χ2v) is 10.4. The lowest BCUT2D eigenvalue weighted by molar-refractivity contribution is -0.193. The largest absolute Gasteiger partial charge is 0.490 e. The number of carbonyl (C=O) groups is 5. The summed E-state index contributed by atoms with van der Waals surface area (Å²) >= 11 is 0. The van der Waals surface area contributed by atoms with E-state index in [-0.39, 0.29) is 11.7 Å². The molecule has 14 nitrogen and oxygen atoms in total. The van der Waals surface area contributed by atoms with E-state index in [2.05, 4.69) is 25.1 Å². The Morgan fingerprint density at radius 2 is 1.00 bits per heavy atom. The molecule has 0 spiro atoms. The molecule has 3 aromatic rings. The van der Waals surface area contributed by atoms with Crippen molar-refractivity contribution < 1.29 is 101 Å². The summed E-state index contributed by atoms with van der Waals surface area (Å²) in [4.78, 5) is 60.9. The van der Waals surface area contributed by atoms with Gasteiger partial charge in [-0.1, -0.05) is 12.1 Å². The van der Waals surface area contributed by atoms with Crippen LogP contribution < -0.4 is 15.1 Å². The van der Waals surface area contributed by atoms with E-state index in [1.807, 2.05) is 36.7 Å². The fourth-order valence-electron chi connectivity index (χ4n) is 3.59. The number of carbonyl (C=O) groups excluding carboxylic acids is 1. The monoisotopic (exact) mass is 861 g/mol. The second kappa shape index (κ2) is 23.0. The van der Waals surface area contributed by atoms with Crippen LogP contribution in [0.1, 0.15) is 16.1 Å². The lowest BCUT2D eigenvalue weighted by atomic mass is 10.1. The third kappa shape index (κ3) is 21.6. The van der Waals surface area contributed by atoms with Gasteiger partial charge in [-0.05, 0) is 48.4 Å². The van der Waals surface area contributed by atoms with E-state index in [4.69, 9.17) is 39.6 Å². The van der Waals surface area contributed by atoms with Crippen molar-refractivity contribution in [3.8, 4) is 0 Å². The number of nitrogens with zero attached hydrogens (tertiary/aromatic N) is 4. The molecule has 1 amide bonds. The van der Waals surface area contributed by atoms with Crippen molar-refractivity contribution in [1.29, 1.82) is 0 Å². The Hall–Kier alpha value is -6.44. The van der Waals surface area contributed by atoms with Crippen molar-refractivity contribution in [1.82, 2.24) is 15.3 Å². The number of hydrogen-bond acceptors (Lipinski definition) is 9. The number of hydrogen-bond donors (Lipinski definition) is 5. The van der Waals surface area contributed by atoms with Gasteiger partial charge in [-0.25, -0.2) is 28.6 Å². The van der Waals surface area contributed by atoms with Crippen LogP contribution >= 0.6 is 0 Å². The molecule has 4 rings (SSSR count). The van der Waals surface area contributed by atoms with Gasteiger partial charge in [-0.2, -0.15) is 52.7 Å². The zero-order valence-corrected chi connectivity index (χ0v) is 28.6. The molecule has 0 saturated carbocycles. The van der Waals surface area contributed by atoms with E-state index in [9.17, 15) is 61.9 Å². The summed E-state index contributed by atoms with van der Waals surface area (Å²) in [5.41, 5.74) is 3.44. The van der Waals surface area contributed by atoms with Crippen LogP contribution in [-0.2, 0) is 25.6 Å². The maximum atomic E-state index is 13.2. The van der Waals surface area contributed by atoms with Gasteiger partial charge in [-0.15, -0.1) is 0 Å². The van der Waals surface area contributed by atoms with Gasteiger partial charge in [-0.3, -0.25) is 9.78 Å². The number of pyridine rings is 2. The molecule has 1 fully saturated rings. The fraction of sp³-hybridized carbons (Fsp3) is 0.323. The molecule has 1 aliphatic heterocycles. The Morgan fingerprint density at radius 1 is 0.603 bits per heavy atom. The fourth-order valence-corrected chi connectivity index (χ4v) is 3.59. The quantitative estimate of drug-likeness (QED) is 0.196. The first-order chi connectivity index (χ1) is 26.5. The number of aliphatic carboxylic acids is 4. The molecule has 0 radical (unpaired) electrons. The van der Waals surface area contributed by atoms with Crippen molar-refractivity contribution in [3.05, 3.63) is 84.2 Å². The number of amides is 1. The molecule has 27 heteroatoms. The molecule has 58 heavy (non-hydrogen) atoms. The molecule has 2 aromatic heterocycles. The Balaban J connectivity index is 0.000000940. The zero-order chi connectivity index (χ0) is 45.1. The number of piperazine rings is 1. The Bertz CT molecular complexity index is 1670. The van der Waals surface area contributed by atoms with Crippen LogP contribution in [0.2, 0.25) is 0 Å². The van der Waals surface area contributed by atoms with E-state index < -0.39 is 48.6 Å². The second-order valence-electron chi connectivity index (χ2n) is 10.4. The van der Waals surface area contributed by atoms with Gasteiger partial charge in [0.1, 0.15) is 11.5 Å². The number of nitrogens with one attached hydrogen (secondary N) is 1. The molecule has 0 bridgehead atoms. The molecule has 3 heterocycles. The molecule has 5 N–H and O–H groups in total. The highest BCUT2D eigenvalue weighted by molar-refractivity contribution is 5.92. The normalized spacial score (nSPS) is 12.6. The highest BCUT2D eigenvalue weighted by Crippen LogP contribution is 2.20. The van der Waals surface area contributed by atoms with Gasteiger partial charge in [0.2, 0.25) is 0 Å². The summed E-state index contributed by atoms with van der Waals surface area (Å²) in [7, 11) is 0. The predicted molar refractivity (Wildman–Crippen MR) is 170 cm³/mol. The predicted octanol–water partition coefficient (Wildman–Crippen LogP) is 5.45. The highest BCUT2D eigenvalue weighted by Gasteiger charge is 2.40. The molecule has 1 aliphatic rings. The van der Waals surface area contributed by atoms with Crippen LogP contribution in [0.3, 0.4) is 0 Å². The number of halogens is 13. The third-order valence-corrected chi connectivity index (χ3v) is 6.21. The molecular weight excluding hydrogens is 833 g/mol. The van der Waals surface area contributed by atoms with Gasteiger partial charge < -0.3 is 35.5 Å². The minimum atomic E-state index is -5.08. The summed E-state index contributed by atoms with van der Waals surface area (Å²) in [6.45, 7) is 4.06. The summed E-state index contributed by atoms with van der Waals surface area (Å²) in [5.74, 6) is -11.5. The molecule has 0 aliphatic carbocycles. The molecular formula is C31H28F13N5O9. The lowest BCUT2D eigenvalue weighted by Crippen LogP contribution is -2.46. The van der Waals surface area contributed by atoms with Crippen LogP contribution in [-0.4, -0.2) is 118 Å². The Labute approximate surface area is 316 Å². The highest BCUT2D eigenvalue weighted by atomic mass is 19.4. The van der Waals surface area contributed by atoms with Crippen LogP contribution in [0.4, 0.5) is 68.5 Å². The summed E-state index contributed by atoms with van der Waals surface area (Å²) in [6.07, 6.45) is -14.4. The SMILES string of the molecule is O=C(NCCc1cccc(F)c1)c1ccc(N2CCN(c3ccncc3)CC2)cn1.O=C(O)C(F)(F)F.O=C(O)C(F)(F)F.O=C(O)C(F)(F)F.O=C(O)C(F)(F)F. The van der Waals surface area contributed by atoms with Crippen molar-refractivity contribution in [3.63, 3.8) is 0 Å². The number of aromatic nitrogens is 2. The van der Waals surface area contributed by atoms with Crippen LogP contribution in [0, 0.1) is 5.82 Å². The van der Waals surface area contributed by atoms with Crippen LogP contribution in [0.25, 0.3) is 0 Å². The lowest BCUT2D eigenvalue weighted by Gasteiger charge is -2.37. The molecule has 1 saturated heterocycles. The number of carboxylic acids is 4. The van der Waals surface area contributed by atoms with Crippen molar-refractivity contribution >= 4 is 41.2 Å². The minimum absolute atomic E-state index is 0.222. The van der Waals surface area contributed by atoms with Crippen molar-refractivity contribution in [2.45, 2.75) is 31.1 Å². The van der Waals surface area contributed by atoms with Gasteiger partial charge >= 0.3 is 48.6 Å². The number of alkyl halides is 12. The van der Waals surface area contributed by atoms with Crippen molar-refractivity contribution in [2.75, 3.05) is 42.5 Å². The zero-order valence-electron chi connectivity index (χ0n) is 28.6. The maximum Gasteiger partial charge on any atom is 0.490 e. The first-order valence-electron chi connectivity index (χ1n) is 15.1. The van der Waals surface area contributed by atoms with Gasteiger partial charge in [0.25, 0.3) is 5.91 Å². The molecule has 0 atom stereocenters. The van der Waals surface area contributed by atoms with E-state index in [1.165, 1.54) is 17.8 Å². The number of rotatable bonds is 6. The third-order valence-electron chi connectivity index (χ3n) is 6.21. The maximum absolute atomic E-state index is 13.2. The van der Waals surface area contributed by atoms with Crippen molar-refractivity contribution in [2.24, 2.45) is 0 Å². The van der Waals surface area contributed by atoms with Crippen LogP contribution in [0.15, 0.2) is 67.1 Å². The standard InChI is InChI=1S/C23H24FN5O.4C2HF3O2/c24-19-3-1-2-18(16-19)6-11-26-23(30)22-5-4-21(17-27-22)29-14-12-28(13-15-29)20-7-9-25-10-8-20;4*3-2(4,5)1(6)7/h1-5,7-10,16-17H,6,11-15H2,(H,26,30);4*(H,6,7). The van der Waals surface area contributed by atoms with Gasteiger partial charge in [0, 0.05) is 50.8 Å². The summed E-state index contributed by atoms with van der Waals surface area (Å²) in [5, 5.41) is 31.3. The molecule has 322 valence electrons. The average Bonchev–Trinajstić information content (AvgIpc) is 3.11. The molecule has 1 aromatic carbocycles. The van der Waals surface area contributed by atoms with Gasteiger partial charge in [0.15, 0.2) is 0 Å². The Kier molecular flexibility index (Phi) is 20.4. The van der Waals surface area contributed by atoms with Gasteiger partial charge in [0.05, 0.1) is 11.9 Å². The Morgan fingerprint density at radius 3 is 1.34 bits per heavy atom. The minimum Gasteiger partial charge on any atom is -0.475 e. The smallest absolute Gasteiger partial charge is 0.475 e. The first-order valence-corrected chi connectivity index (χ1v) is 15.1. The van der Waals surface area contributed by atoms with E-state index in [1.54, 1.807) is 18.3 Å². The molecule has 0 unspecified atom stereocenters. The number of benzene rings is 1. The van der Waals surface area contributed by atoms with E-state index in [0.29, 0.717) is 18.7 Å². The van der Waals surface area contributed by atoms with E-state index >= 15 is 0 Å². The first kappa shape index (κ1) is 51.6. The summed E-state index contributed by atoms with van der Waals surface area (Å²) in [6, 6.07) is 14.1.